The summed E-state index contributed by atoms with van der Waals surface area (Å²) >= 11 is 0. The molecular weight excluding hydrogens is 532 g/mol. The third kappa shape index (κ3) is 10.5. The van der Waals surface area contributed by atoms with Gasteiger partial charge in [-0.2, -0.15) is 0 Å². The number of hydrogen-bond donors (Lipinski definition) is 0. The zero-order valence-corrected chi connectivity index (χ0v) is 27.9. The van der Waals surface area contributed by atoms with Gasteiger partial charge in [-0.1, -0.05) is 165 Å². The first-order chi connectivity index (χ1) is 21.2. The molecule has 0 atom stereocenters. The van der Waals surface area contributed by atoms with Gasteiger partial charge in [0.25, 0.3) is 0 Å². The minimum absolute atomic E-state index is 0.476. The number of rotatable bonds is 10. The van der Waals surface area contributed by atoms with E-state index in [1.807, 2.05) is 61.0 Å². The van der Waals surface area contributed by atoms with Crippen LogP contribution in [-0.2, 0) is 0 Å². The Bertz CT molecular complexity index is 1360. The zero-order valence-electron chi connectivity index (χ0n) is 27.9. The van der Waals surface area contributed by atoms with Crippen molar-refractivity contribution in [3.05, 3.63) is 143 Å². The Kier molecular flexibility index (Phi) is 13.8. The van der Waals surface area contributed by atoms with E-state index in [9.17, 15) is 0 Å². The van der Waals surface area contributed by atoms with Gasteiger partial charge in [0.2, 0.25) is 0 Å². The van der Waals surface area contributed by atoms with E-state index in [0.29, 0.717) is 23.7 Å². The van der Waals surface area contributed by atoms with Crippen LogP contribution in [0.4, 0.5) is 11.4 Å². The summed E-state index contributed by atoms with van der Waals surface area (Å²) in [6, 6.07) is 33.6. The van der Waals surface area contributed by atoms with Crippen LogP contribution >= 0.6 is 0 Å². The van der Waals surface area contributed by atoms with Gasteiger partial charge in [0, 0.05) is 12.4 Å². The van der Waals surface area contributed by atoms with Crippen LogP contribution in [0.3, 0.4) is 0 Å². The molecule has 0 N–H and O–H groups in total. The highest BCUT2D eigenvalue weighted by Crippen LogP contribution is 2.35. The van der Waals surface area contributed by atoms with E-state index in [1.165, 1.54) is 33.4 Å². The van der Waals surface area contributed by atoms with Crippen molar-refractivity contribution in [1.29, 1.82) is 0 Å². The quantitative estimate of drug-likeness (QED) is 0.166. The first kappa shape index (κ1) is 34.2. The van der Waals surface area contributed by atoms with Crippen molar-refractivity contribution in [2.24, 2.45) is 9.98 Å². The average molecular weight is 583 g/mol. The summed E-state index contributed by atoms with van der Waals surface area (Å²) in [4.78, 5) is 9.50. The number of benzene rings is 4. The molecule has 228 valence electrons. The van der Waals surface area contributed by atoms with E-state index in [1.54, 1.807) is 0 Å². The average Bonchev–Trinajstić information content (AvgIpc) is 3.02. The lowest BCUT2D eigenvalue weighted by atomic mass is 9.93. The summed E-state index contributed by atoms with van der Waals surface area (Å²) in [5.41, 5.74) is 9.90. The molecule has 0 saturated heterocycles. The Morgan fingerprint density at radius 2 is 0.682 bits per heavy atom. The van der Waals surface area contributed by atoms with Gasteiger partial charge >= 0.3 is 0 Å². The third-order valence-electron chi connectivity index (χ3n) is 7.44. The summed E-state index contributed by atoms with van der Waals surface area (Å²) in [6.45, 7) is 17.8. The summed E-state index contributed by atoms with van der Waals surface area (Å²) in [7, 11) is 0. The monoisotopic (exact) mass is 582 g/mol. The predicted molar refractivity (Wildman–Crippen MR) is 196 cm³/mol. The van der Waals surface area contributed by atoms with Gasteiger partial charge in [0.15, 0.2) is 0 Å². The van der Waals surface area contributed by atoms with Crippen molar-refractivity contribution in [1.82, 2.24) is 0 Å². The fourth-order valence-electron chi connectivity index (χ4n) is 4.99. The molecule has 0 amide bonds. The van der Waals surface area contributed by atoms with Crippen molar-refractivity contribution in [3.8, 4) is 0 Å². The zero-order chi connectivity index (χ0) is 31.9. The number of aliphatic imine (C=N–C) groups is 2. The molecule has 0 bridgehead atoms. The smallest absolute Gasteiger partial charge is 0.0698 e. The van der Waals surface area contributed by atoms with E-state index >= 15 is 0 Å². The van der Waals surface area contributed by atoms with E-state index < -0.39 is 0 Å². The van der Waals surface area contributed by atoms with Crippen molar-refractivity contribution >= 4 is 36.0 Å². The van der Waals surface area contributed by atoms with Crippen LogP contribution in [0, 0.1) is 0 Å². The molecule has 0 aromatic heterocycles. The summed E-state index contributed by atoms with van der Waals surface area (Å²) in [6.07, 6.45) is 12.0. The highest BCUT2D eigenvalue weighted by molar-refractivity contribution is 5.82. The molecule has 0 aliphatic carbocycles. The normalized spacial score (nSPS) is 12.1. The van der Waals surface area contributed by atoms with Crippen LogP contribution in [0.1, 0.15) is 112 Å². The first-order valence-electron chi connectivity index (χ1n) is 16.0. The molecule has 0 radical (unpaired) electrons. The number of hydrogen-bond acceptors (Lipinski definition) is 2. The summed E-state index contributed by atoms with van der Waals surface area (Å²) in [5, 5.41) is 0. The van der Waals surface area contributed by atoms with Crippen molar-refractivity contribution in [3.63, 3.8) is 0 Å². The standard InChI is InChI=1S/2C21H25N/c2*1-16(2)19-13-8-14-20(17(3)4)21(19)22-15-9-12-18-10-6-5-7-11-18/h2*5-17H,1-4H3/b2*12-9+,22-15?. The Hall–Kier alpha value is -4.30. The van der Waals surface area contributed by atoms with Gasteiger partial charge in [-0.05, 0) is 69.2 Å². The second kappa shape index (κ2) is 17.7. The lowest BCUT2D eigenvalue weighted by Gasteiger charge is -2.15. The van der Waals surface area contributed by atoms with Crippen molar-refractivity contribution in [2.45, 2.75) is 79.1 Å². The van der Waals surface area contributed by atoms with Crippen LogP contribution in [0.2, 0.25) is 0 Å². The molecule has 0 aliphatic heterocycles. The molecule has 4 aromatic carbocycles. The van der Waals surface area contributed by atoms with Crippen LogP contribution < -0.4 is 0 Å². The van der Waals surface area contributed by atoms with Gasteiger partial charge in [-0.25, -0.2) is 0 Å². The Balaban J connectivity index is 0.000000240. The van der Waals surface area contributed by atoms with E-state index in [4.69, 9.17) is 9.98 Å². The molecule has 2 heteroatoms. The molecule has 0 aliphatic rings. The van der Waals surface area contributed by atoms with Gasteiger partial charge in [-0.15, -0.1) is 0 Å². The molecule has 0 saturated carbocycles. The van der Waals surface area contributed by atoms with Crippen LogP contribution in [0.15, 0.2) is 119 Å². The Morgan fingerprint density at radius 3 is 0.955 bits per heavy atom. The molecule has 2 nitrogen and oxygen atoms in total. The van der Waals surface area contributed by atoms with Gasteiger partial charge in [0.05, 0.1) is 11.4 Å². The van der Waals surface area contributed by atoms with Crippen LogP contribution in [0.25, 0.3) is 12.2 Å². The fraction of sp³-hybridized carbons (Fsp3) is 0.286. The fourth-order valence-corrected chi connectivity index (χ4v) is 4.99. The minimum Gasteiger partial charge on any atom is -0.256 e. The third-order valence-corrected chi connectivity index (χ3v) is 7.44. The Labute approximate surface area is 267 Å². The number of para-hydroxylation sites is 2. The highest BCUT2D eigenvalue weighted by Gasteiger charge is 2.13. The van der Waals surface area contributed by atoms with Crippen LogP contribution in [0.5, 0.6) is 0 Å². The number of allylic oxidation sites excluding steroid dienone is 2. The lowest BCUT2D eigenvalue weighted by molar-refractivity contribution is 0.835. The molecule has 4 rings (SSSR count). The number of nitrogens with zero attached hydrogens (tertiary/aromatic N) is 2. The van der Waals surface area contributed by atoms with E-state index in [-0.39, 0.29) is 0 Å². The van der Waals surface area contributed by atoms with E-state index in [2.05, 4.69) is 128 Å². The second-order valence-corrected chi connectivity index (χ2v) is 12.3. The molecule has 4 aromatic rings. The van der Waals surface area contributed by atoms with Gasteiger partial charge < -0.3 is 0 Å². The van der Waals surface area contributed by atoms with Crippen molar-refractivity contribution < 1.29 is 0 Å². The maximum atomic E-state index is 4.75. The minimum atomic E-state index is 0.476. The highest BCUT2D eigenvalue weighted by atomic mass is 14.7. The summed E-state index contributed by atoms with van der Waals surface area (Å²) in [5.74, 6) is 1.90. The van der Waals surface area contributed by atoms with Crippen molar-refractivity contribution in [2.75, 3.05) is 0 Å². The molecule has 0 unspecified atom stereocenters. The molecular formula is C42H50N2. The first-order valence-corrected chi connectivity index (χ1v) is 16.0. The van der Waals surface area contributed by atoms with Gasteiger partial charge in [-0.3, -0.25) is 9.98 Å². The van der Waals surface area contributed by atoms with Gasteiger partial charge in [0.1, 0.15) is 0 Å². The molecule has 0 heterocycles. The maximum Gasteiger partial charge on any atom is 0.0698 e. The molecule has 44 heavy (non-hydrogen) atoms. The topological polar surface area (TPSA) is 24.7 Å². The van der Waals surface area contributed by atoms with E-state index in [0.717, 1.165) is 11.4 Å². The molecule has 0 fully saturated rings. The second-order valence-electron chi connectivity index (χ2n) is 12.3. The summed E-state index contributed by atoms with van der Waals surface area (Å²) < 4.78 is 0. The molecule has 0 spiro atoms. The lowest BCUT2D eigenvalue weighted by Crippen LogP contribution is -1.95. The Morgan fingerprint density at radius 1 is 0.386 bits per heavy atom. The van der Waals surface area contributed by atoms with Crippen LogP contribution in [-0.4, -0.2) is 12.4 Å². The predicted octanol–water partition coefficient (Wildman–Crippen LogP) is 12.7. The maximum absolute atomic E-state index is 4.75. The SMILES string of the molecule is CC(C)c1cccc(C(C)C)c1N=C/C=C/c1ccccc1.CC(C)c1cccc(C(C)C)c1N=C/C=C/c1ccccc1. The largest absolute Gasteiger partial charge is 0.256 e.